The second kappa shape index (κ2) is 9.13. The van der Waals surface area contributed by atoms with Crippen LogP contribution in [-0.2, 0) is 24.2 Å². The fourth-order valence-electron chi connectivity index (χ4n) is 3.54. The topological polar surface area (TPSA) is 64.0 Å². The van der Waals surface area contributed by atoms with Gasteiger partial charge in [0.25, 0.3) is 5.56 Å². The molecule has 0 aliphatic carbocycles. The van der Waals surface area contributed by atoms with Crippen molar-refractivity contribution in [3.05, 3.63) is 57.2 Å². The van der Waals surface area contributed by atoms with Gasteiger partial charge in [-0.1, -0.05) is 55.4 Å². The zero-order valence-electron chi connectivity index (χ0n) is 16.5. The molecule has 7 heteroatoms. The molecule has 0 saturated carbocycles. The van der Waals surface area contributed by atoms with Crippen LogP contribution >= 0.6 is 23.1 Å². The van der Waals surface area contributed by atoms with Crippen molar-refractivity contribution >= 4 is 39.2 Å². The molecule has 0 unspecified atom stereocenters. The number of thiophene rings is 1. The summed E-state index contributed by atoms with van der Waals surface area (Å²) in [5, 5.41) is 4.13. The monoisotopic (exact) mass is 427 g/mol. The third-order valence-corrected chi connectivity index (χ3v) is 7.65. The Morgan fingerprint density at radius 3 is 2.86 bits per heavy atom. The zero-order valence-corrected chi connectivity index (χ0v) is 18.2. The van der Waals surface area contributed by atoms with E-state index in [0.29, 0.717) is 17.1 Å². The minimum atomic E-state index is -0.199. The number of aryl methyl sites for hydroxylation is 2. The molecule has 152 valence electrons. The minimum absolute atomic E-state index is 0.00147. The number of nitrogens with one attached hydrogen (secondary N) is 1. The first-order valence-electron chi connectivity index (χ1n) is 10.2. The van der Waals surface area contributed by atoms with E-state index in [1.54, 1.807) is 15.9 Å². The van der Waals surface area contributed by atoms with Gasteiger partial charge < -0.3 is 5.32 Å². The van der Waals surface area contributed by atoms with Crippen molar-refractivity contribution < 1.29 is 4.79 Å². The molecule has 1 aliphatic heterocycles. The van der Waals surface area contributed by atoms with Gasteiger partial charge in [0.15, 0.2) is 5.16 Å². The Labute approximate surface area is 178 Å². The van der Waals surface area contributed by atoms with Crippen LogP contribution in [0.1, 0.15) is 36.6 Å². The lowest BCUT2D eigenvalue weighted by molar-refractivity contribution is -0.120. The van der Waals surface area contributed by atoms with Gasteiger partial charge in [-0.2, -0.15) is 0 Å². The highest BCUT2D eigenvalue weighted by Crippen LogP contribution is 2.30. The van der Waals surface area contributed by atoms with Crippen LogP contribution in [0.5, 0.6) is 0 Å². The summed E-state index contributed by atoms with van der Waals surface area (Å²) in [6, 6.07) is 12.1. The Balaban J connectivity index is 1.71. The van der Waals surface area contributed by atoms with Gasteiger partial charge >= 0.3 is 0 Å². The minimum Gasteiger partial charge on any atom is -0.355 e. The van der Waals surface area contributed by atoms with E-state index in [4.69, 9.17) is 4.98 Å². The highest BCUT2D eigenvalue weighted by Gasteiger charge is 2.25. The molecule has 1 amide bonds. The number of thioether (sulfide) groups is 1. The van der Waals surface area contributed by atoms with Gasteiger partial charge in [-0.25, -0.2) is 4.98 Å². The van der Waals surface area contributed by atoms with E-state index in [1.165, 1.54) is 17.3 Å². The van der Waals surface area contributed by atoms with Crippen LogP contribution in [0.15, 0.2) is 46.3 Å². The van der Waals surface area contributed by atoms with Crippen molar-refractivity contribution in [2.24, 2.45) is 0 Å². The molecule has 0 spiro atoms. The van der Waals surface area contributed by atoms with Gasteiger partial charge in [0.05, 0.1) is 10.6 Å². The summed E-state index contributed by atoms with van der Waals surface area (Å²) in [6.07, 6.45) is 4.46. The summed E-state index contributed by atoms with van der Waals surface area (Å²) in [5.74, 6) is 0.0527. The van der Waals surface area contributed by atoms with Gasteiger partial charge in [0.2, 0.25) is 5.91 Å². The Kier molecular flexibility index (Phi) is 6.35. The van der Waals surface area contributed by atoms with E-state index in [9.17, 15) is 9.59 Å². The lowest BCUT2D eigenvalue weighted by atomic mass is 10.1. The molecule has 5 nitrogen and oxygen atoms in total. The molecule has 1 saturated heterocycles. The molecule has 1 N–H and O–H groups in total. The predicted molar refractivity (Wildman–Crippen MR) is 120 cm³/mol. The van der Waals surface area contributed by atoms with Crippen molar-refractivity contribution in [1.29, 1.82) is 0 Å². The molecule has 2 aromatic heterocycles. The zero-order chi connectivity index (χ0) is 20.2. The Bertz CT molecular complexity index is 1060. The first-order chi connectivity index (χ1) is 14.2. The largest absolute Gasteiger partial charge is 0.355 e. The number of hydrogen-bond donors (Lipinski definition) is 1. The van der Waals surface area contributed by atoms with E-state index in [1.807, 2.05) is 24.3 Å². The van der Waals surface area contributed by atoms with Gasteiger partial charge in [0, 0.05) is 18.0 Å². The predicted octanol–water partition coefficient (Wildman–Crippen LogP) is 4.02. The van der Waals surface area contributed by atoms with Crippen molar-refractivity contribution in [1.82, 2.24) is 14.9 Å². The molecule has 1 aliphatic rings. The molecule has 3 heterocycles. The van der Waals surface area contributed by atoms with Crippen LogP contribution < -0.4 is 10.9 Å². The summed E-state index contributed by atoms with van der Waals surface area (Å²) in [7, 11) is 0. The lowest BCUT2D eigenvalue weighted by Gasteiger charge is -2.16. The molecule has 1 aromatic carbocycles. The molecule has 0 bridgehead atoms. The quantitative estimate of drug-likeness (QED) is 0.604. The number of amides is 1. The molecular weight excluding hydrogens is 402 g/mol. The average molecular weight is 428 g/mol. The number of fused-ring (bicyclic) bond motifs is 1. The summed E-state index contributed by atoms with van der Waals surface area (Å²) in [5.41, 5.74) is 1.18. The van der Waals surface area contributed by atoms with Crippen LogP contribution in [0.2, 0.25) is 0 Å². The molecule has 1 atom stereocenters. The van der Waals surface area contributed by atoms with Crippen LogP contribution in [0.25, 0.3) is 10.2 Å². The standard InChI is InChI=1S/C22H25N3O2S2/c1-2-16-14-17-20(28-16)24-22(29-18-10-6-7-12-23-19(18)26)25(21(17)27)13-11-15-8-4-3-5-9-15/h3-5,8-9,14,18H,2,6-7,10-13H2,1H3,(H,23,26)/t18-/m1/s1. The van der Waals surface area contributed by atoms with E-state index in [0.717, 1.165) is 48.4 Å². The smallest absolute Gasteiger partial charge is 0.262 e. The summed E-state index contributed by atoms with van der Waals surface area (Å²) >= 11 is 3.02. The van der Waals surface area contributed by atoms with Gasteiger partial charge in [-0.05, 0) is 37.3 Å². The maximum atomic E-state index is 13.3. The lowest BCUT2D eigenvalue weighted by Crippen LogP contribution is -2.32. The maximum Gasteiger partial charge on any atom is 0.262 e. The maximum absolute atomic E-state index is 13.3. The highest BCUT2D eigenvalue weighted by atomic mass is 32.2. The van der Waals surface area contributed by atoms with E-state index in [-0.39, 0.29) is 16.7 Å². The first kappa shape index (κ1) is 20.2. The molecule has 1 fully saturated rings. The summed E-state index contributed by atoms with van der Waals surface area (Å²) in [6.45, 7) is 3.37. The third-order valence-electron chi connectivity index (χ3n) is 5.21. The third kappa shape index (κ3) is 4.56. The van der Waals surface area contributed by atoms with Gasteiger partial charge in [-0.15, -0.1) is 11.3 Å². The van der Waals surface area contributed by atoms with Crippen molar-refractivity contribution in [3.63, 3.8) is 0 Å². The molecular formula is C22H25N3O2S2. The van der Waals surface area contributed by atoms with E-state index >= 15 is 0 Å². The highest BCUT2D eigenvalue weighted by molar-refractivity contribution is 8.00. The fourth-order valence-corrected chi connectivity index (χ4v) is 5.74. The Morgan fingerprint density at radius 1 is 1.24 bits per heavy atom. The van der Waals surface area contributed by atoms with Crippen LogP contribution in [-0.4, -0.2) is 27.3 Å². The van der Waals surface area contributed by atoms with Crippen LogP contribution in [0.3, 0.4) is 0 Å². The second-order valence-corrected chi connectivity index (χ2v) is 9.55. The normalized spacial score (nSPS) is 17.3. The number of hydrogen-bond acceptors (Lipinski definition) is 5. The Morgan fingerprint density at radius 2 is 2.07 bits per heavy atom. The summed E-state index contributed by atoms with van der Waals surface area (Å²) in [4.78, 5) is 32.5. The number of benzene rings is 1. The number of aromatic nitrogens is 2. The molecule has 3 aromatic rings. The van der Waals surface area contributed by atoms with Crippen molar-refractivity contribution in [3.8, 4) is 0 Å². The van der Waals surface area contributed by atoms with Gasteiger partial charge in [-0.3, -0.25) is 14.2 Å². The van der Waals surface area contributed by atoms with Crippen molar-refractivity contribution in [2.75, 3.05) is 6.54 Å². The number of rotatable bonds is 6. The van der Waals surface area contributed by atoms with Crippen molar-refractivity contribution in [2.45, 2.75) is 56.0 Å². The number of carbonyl (C=O) groups excluding carboxylic acids is 1. The van der Waals surface area contributed by atoms with E-state index < -0.39 is 0 Å². The fraction of sp³-hybridized carbons (Fsp3) is 0.409. The van der Waals surface area contributed by atoms with Crippen LogP contribution in [0.4, 0.5) is 0 Å². The number of carbonyl (C=O) groups is 1. The first-order valence-corrected chi connectivity index (χ1v) is 11.9. The second-order valence-electron chi connectivity index (χ2n) is 7.27. The molecule has 4 rings (SSSR count). The van der Waals surface area contributed by atoms with Gasteiger partial charge in [0.1, 0.15) is 4.83 Å². The van der Waals surface area contributed by atoms with Crippen LogP contribution in [0, 0.1) is 0 Å². The molecule has 0 radical (unpaired) electrons. The Hall–Kier alpha value is -2.12. The SMILES string of the molecule is CCc1cc2c(=O)n(CCc3ccccc3)c(S[C@@H]3CCCCNC3=O)nc2s1. The average Bonchev–Trinajstić information content (AvgIpc) is 3.06. The van der Waals surface area contributed by atoms with E-state index in [2.05, 4.69) is 24.4 Å². The molecule has 29 heavy (non-hydrogen) atoms. The number of nitrogens with zero attached hydrogens (tertiary/aromatic N) is 2. The summed E-state index contributed by atoms with van der Waals surface area (Å²) < 4.78 is 1.77.